The Hall–Kier alpha value is -2.51. The summed E-state index contributed by atoms with van der Waals surface area (Å²) in [5, 5.41) is 7.76. The second-order valence-electron chi connectivity index (χ2n) is 7.97. The van der Waals surface area contributed by atoms with Crippen LogP contribution in [-0.2, 0) is 19.4 Å². The minimum Gasteiger partial charge on any atom is -0.347 e. The topological polar surface area (TPSA) is 85.8 Å². The van der Waals surface area contributed by atoms with E-state index in [1.165, 1.54) is 34.5 Å². The highest BCUT2D eigenvalue weighted by molar-refractivity contribution is 7.14. The summed E-state index contributed by atoms with van der Waals surface area (Å²) in [6.07, 6.45) is 10.8. The summed E-state index contributed by atoms with van der Waals surface area (Å²) in [4.78, 5) is 19.2. The van der Waals surface area contributed by atoms with E-state index >= 15 is 0 Å². The van der Waals surface area contributed by atoms with Crippen LogP contribution in [0.4, 0.5) is 0 Å². The van der Waals surface area contributed by atoms with Gasteiger partial charge in [-0.25, -0.2) is 0 Å². The Morgan fingerprint density at radius 2 is 2.28 bits per heavy atom. The number of carbonyl (C=O) groups excluding carboxylic acids is 1. The summed E-state index contributed by atoms with van der Waals surface area (Å²) in [6, 6.07) is 5.87. The highest BCUT2D eigenvalue weighted by Gasteiger charge is 2.32. The van der Waals surface area contributed by atoms with E-state index in [1.807, 2.05) is 24.5 Å². The Bertz CT molecular complexity index is 1020. The Morgan fingerprint density at radius 3 is 3.03 bits per heavy atom. The molecular formula is C22H25N5OS. The molecule has 2 aliphatic rings. The molecule has 0 saturated heterocycles. The molecule has 1 aliphatic carbocycles. The second-order valence-corrected chi connectivity index (χ2v) is 9.11. The lowest BCUT2D eigenvalue weighted by molar-refractivity contribution is 0.0942. The third-order valence-electron chi connectivity index (χ3n) is 5.77. The predicted octanol–water partition coefficient (Wildman–Crippen LogP) is 3.13. The van der Waals surface area contributed by atoms with Gasteiger partial charge in [-0.2, -0.15) is 5.10 Å². The number of nitrogens with one attached hydrogen (secondary N) is 1. The van der Waals surface area contributed by atoms with Crippen LogP contribution in [0.1, 0.15) is 50.9 Å². The minimum absolute atomic E-state index is 0.0403. The lowest BCUT2D eigenvalue weighted by atomic mass is 10.0. The molecule has 3 aromatic heterocycles. The van der Waals surface area contributed by atoms with E-state index in [0.717, 1.165) is 29.8 Å². The highest BCUT2D eigenvalue weighted by atomic mass is 32.1. The van der Waals surface area contributed by atoms with Crippen molar-refractivity contribution in [3.8, 4) is 11.3 Å². The lowest BCUT2D eigenvalue weighted by Crippen LogP contribution is -2.41. The maximum atomic E-state index is 13.0. The number of nitrogens with zero attached hydrogens (tertiary/aromatic N) is 3. The van der Waals surface area contributed by atoms with Gasteiger partial charge in [0.25, 0.3) is 5.91 Å². The van der Waals surface area contributed by atoms with Gasteiger partial charge in [-0.3, -0.25) is 14.5 Å². The van der Waals surface area contributed by atoms with Crippen molar-refractivity contribution in [3.63, 3.8) is 0 Å². The van der Waals surface area contributed by atoms with Crippen LogP contribution in [0, 0.1) is 0 Å². The number of aromatic nitrogens is 3. The van der Waals surface area contributed by atoms with Crippen molar-refractivity contribution in [3.05, 3.63) is 57.7 Å². The van der Waals surface area contributed by atoms with Gasteiger partial charge < -0.3 is 11.1 Å². The van der Waals surface area contributed by atoms with Crippen LogP contribution in [0.15, 0.2) is 36.8 Å². The molecule has 150 valence electrons. The number of thiophene rings is 1. The summed E-state index contributed by atoms with van der Waals surface area (Å²) in [6.45, 7) is 1.34. The van der Waals surface area contributed by atoms with E-state index in [2.05, 4.69) is 26.1 Å². The van der Waals surface area contributed by atoms with Crippen molar-refractivity contribution < 1.29 is 4.79 Å². The molecule has 0 bridgehead atoms. The number of pyridine rings is 1. The standard InChI is InChI=1S/C22H25N5OS/c23-11-16(9-14-3-1-7-24-12-14)26-22(28)20-10-17-19(29-20)4-2-8-27-21(17)18(13-25-27)15-5-6-15/h1,3,7,10,12-13,15-16H,2,4-6,8-9,11,23H2,(H,26,28). The molecule has 1 amide bonds. The monoisotopic (exact) mass is 407 g/mol. The van der Waals surface area contributed by atoms with Gasteiger partial charge in [-0.15, -0.1) is 11.3 Å². The number of rotatable bonds is 6. The van der Waals surface area contributed by atoms with Crippen LogP contribution >= 0.6 is 11.3 Å². The fourth-order valence-electron chi connectivity index (χ4n) is 4.13. The van der Waals surface area contributed by atoms with Gasteiger partial charge in [0.05, 0.1) is 16.8 Å². The Labute approximate surface area is 174 Å². The van der Waals surface area contributed by atoms with Gasteiger partial charge in [0.15, 0.2) is 0 Å². The lowest BCUT2D eigenvalue weighted by Gasteiger charge is -2.16. The van der Waals surface area contributed by atoms with Gasteiger partial charge in [0.2, 0.25) is 0 Å². The van der Waals surface area contributed by atoms with Crippen LogP contribution < -0.4 is 11.1 Å². The molecule has 1 atom stereocenters. The summed E-state index contributed by atoms with van der Waals surface area (Å²) >= 11 is 1.62. The summed E-state index contributed by atoms with van der Waals surface area (Å²) in [7, 11) is 0. The van der Waals surface area contributed by atoms with E-state index in [-0.39, 0.29) is 11.9 Å². The maximum absolute atomic E-state index is 13.0. The van der Waals surface area contributed by atoms with Crippen molar-refractivity contribution in [1.82, 2.24) is 20.1 Å². The SMILES string of the molecule is NCC(Cc1cccnc1)NC(=O)c1cc2c(s1)CCCn1ncc(C3CC3)c1-2. The Balaban J connectivity index is 1.39. The van der Waals surface area contributed by atoms with Gasteiger partial charge in [-0.1, -0.05) is 6.07 Å². The second kappa shape index (κ2) is 7.72. The predicted molar refractivity (Wildman–Crippen MR) is 114 cm³/mol. The van der Waals surface area contributed by atoms with E-state index in [9.17, 15) is 4.79 Å². The first-order chi connectivity index (χ1) is 14.2. The van der Waals surface area contributed by atoms with Gasteiger partial charge in [0.1, 0.15) is 0 Å². The van der Waals surface area contributed by atoms with Crippen LogP contribution in [0.2, 0.25) is 0 Å². The largest absolute Gasteiger partial charge is 0.347 e. The van der Waals surface area contributed by atoms with Crippen molar-refractivity contribution in [1.29, 1.82) is 0 Å². The van der Waals surface area contributed by atoms with Crippen molar-refractivity contribution in [2.75, 3.05) is 6.54 Å². The normalized spacial score (nSPS) is 16.6. The zero-order valence-electron chi connectivity index (χ0n) is 16.3. The fraction of sp³-hybridized carbons (Fsp3) is 0.409. The number of carbonyl (C=O) groups is 1. The number of fused-ring (bicyclic) bond motifs is 3. The average molecular weight is 408 g/mol. The van der Waals surface area contributed by atoms with Crippen molar-refractivity contribution >= 4 is 17.2 Å². The molecule has 0 spiro atoms. The molecule has 1 aliphatic heterocycles. The first-order valence-electron chi connectivity index (χ1n) is 10.3. The molecule has 4 heterocycles. The fourth-order valence-corrected chi connectivity index (χ4v) is 5.23. The third-order valence-corrected chi connectivity index (χ3v) is 6.96. The zero-order valence-corrected chi connectivity index (χ0v) is 17.1. The van der Waals surface area contributed by atoms with Gasteiger partial charge >= 0.3 is 0 Å². The number of aryl methyl sites for hydroxylation is 2. The van der Waals surface area contributed by atoms with Gasteiger partial charge in [0, 0.05) is 47.5 Å². The quantitative estimate of drug-likeness (QED) is 0.657. The van der Waals surface area contributed by atoms with E-state index in [4.69, 9.17) is 5.73 Å². The van der Waals surface area contributed by atoms with Crippen LogP contribution in [0.3, 0.4) is 0 Å². The minimum atomic E-state index is -0.110. The maximum Gasteiger partial charge on any atom is 0.261 e. The molecule has 0 aromatic carbocycles. The van der Waals surface area contributed by atoms with E-state index in [0.29, 0.717) is 18.9 Å². The Morgan fingerprint density at radius 1 is 1.38 bits per heavy atom. The highest BCUT2D eigenvalue weighted by Crippen LogP contribution is 2.47. The molecule has 1 saturated carbocycles. The van der Waals surface area contributed by atoms with Gasteiger partial charge in [-0.05, 0) is 55.7 Å². The van der Waals surface area contributed by atoms with E-state index < -0.39 is 0 Å². The summed E-state index contributed by atoms with van der Waals surface area (Å²) in [5.74, 6) is 0.601. The molecule has 5 rings (SSSR count). The van der Waals surface area contributed by atoms with Crippen LogP contribution in [-0.4, -0.2) is 33.3 Å². The molecule has 6 nitrogen and oxygen atoms in total. The summed E-state index contributed by atoms with van der Waals surface area (Å²) < 4.78 is 2.14. The van der Waals surface area contributed by atoms with Crippen molar-refractivity contribution in [2.45, 2.75) is 50.6 Å². The molecule has 1 fully saturated rings. The Kier molecular flexibility index (Phi) is 4.93. The first kappa shape index (κ1) is 18.5. The van der Waals surface area contributed by atoms with E-state index in [1.54, 1.807) is 17.5 Å². The number of nitrogens with two attached hydrogens (primary N) is 1. The van der Waals surface area contributed by atoms with Crippen LogP contribution in [0.25, 0.3) is 11.3 Å². The molecule has 7 heteroatoms. The smallest absolute Gasteiger partial charge is 0.261 e. The molecular weight excluding hydrogens is 382 g/mol. The molecule has 3 aromatic rings. The molecule has 1 unspecified atom stereocenters. The number of hydrogen-bond donors (Lipinski definition) is 2. The third kappa shape index (κ3) is 3.72. The molecule has 29 heavy (non-hydrogen) atoms. The van der Waals surface area contributed by atoms with Crippen LogP contribution in [0.5, 0.6) is 0 Å². The first-order valence-corrected chi connectivity index (χ1v) is 11.1. The number of amides is 1. The number of hydrogen-bond acceptors (Lipinski definition) is 5. The van der Waals surface area contributed by atoms with Crippen molar-refractivity contribution in [2.24, 2.45) is 5.73 Å². The summed E-state index contributed by atoms with van der Waals surface area (Å²) in [5.41, 5.74) is 10.8. The average Bonchev–Trinajstić information content (AvgIpc) is 3.41. The molecule has 0 radical (unpaired) electrons. The molecule has 3 N–H and O–H groups in total. The zero-order chi connectivity index (χ0) is 19.8.